The number of hydrogen-bond donors (Lipinski definition) is 1. The lowest BCUT2D eigenvalue weighted by atomic mass is 10.0. The standard InChI is InChI=1S/C22H27F6N5O3/c1-13(9-21(23,24)25)3-6-19(34)36-17-5-4-14(7-17)15-10-29-20(30-11-15)31-18-8-16(32-33(18)2)12-35-22(26,27)28/h8,10-11,13-14,17H,3-7,9,12H2,1-2H3,(H,29,30,31)/t13-,14-,17+/m1/s1. The van der Waals surface area contributed by atoms with Gasteiger partial charge in [0.1, 0.15) is 18.5 Å². The summed E-state index contributed by atoms with van der Waals surface area (Å²) in [5, 5.41) is 6.82. The van der Waals surface area contributed by atoms with Gasteiger partial charge in [0.15, 0.2) is 0 Å². The van der Waals surface area contributed by atoms with E-state index in [9.17, 15) is 31.1 Å². The summed E-state index contributed by atoms with van der Waals surface area (Å²) in [5.74, 6) is -0.491. The van der Waals surface area contributed by atoms with Gasteiger partial charge in [-0.2, -0.15) is 18.3 Å². The molecule has 1 aliphatic carbocycles. The van der Waals surface area contributed by atoms with Gasteiger partial charge in [-0.3, -0.25) is 14.2 Å². The number of halogens is 6. The maximum absolute atomic E-state index is 12.4. The van der Waals surface area contributed by atoms with Crippen LogP contribution in [0.3, 0.4) is 0 Å². The Hall–Kier alpha value is -2.90. The fourth-order valence-corrected chi connectivity index (χ4v) is 4.05. The van der Waals surface area contributed by atoms with Crippen molar-refractivity contribution >= 4 is 17.7 Å². The van der Waals surface area contributed by atoms with Crippen LogP contribution in [0, 0.1) is 5.92 Å². The summed E-state index contributed by atoms with van der Waals surface area (Å²) in [5.41, 5.74) is 0.914. The molecule has 14 heteroatoms. The van der Waals surface area contributed by atoms with Crippen molar-refractivity contribution < 1.29 is 40.6 Å². The van der Waals surface area contributed by atoms with Gasteiger partial charge in [0.2, 0.25) is 5.95 Å². The number of aromatic nitrogens is 4. The predicted octanol–water partition coefficient (Wildman–Crippen LogP) is 5.54. The van der Waals surface area contributed by atoms with Crippen molar-refractivity contribution in [1.82, 2.24) is 19.7 Å². The van der Waals surface area contributed by atoms with E-state index < -0.39 is 37.5 Å². The molecule has 1 saturated carbocycles. The number of anilines is 2. The van der Waals surface area contributed by atoms with E-state index in [4.69, 9.17) is 4.74 Å². The van der Waals surface area contributed by atoms with Crippen molar-refractivity contribution in [2.45, 2.75) is 76.6 Å². The molecule has 3 rings (SSSR count). The summed E-state index contributed by atoms with van der Waals surface area (Å²) in [6.07, 6.45) is -5.02. The molecule has 0 bridgehead atoms. The minimum Gasteiger partial charge on any atom is -0.462 e. The van der Waals surface area contributed by atoms with Crippen LogP contribution >= 0.6 is 0 Å². The monoisotopic (exact) mass is 523 g/mol. The van der Waals surface area contributed by atoms with Crippen molar-refractivity contribution in [1.29, 1.82) is 0 Å². The molecule has 2 aromatic rings. The number of carbonyl (C=O) groups is 1. The number of esters is 1. The lowest BCUT2D eigenvalue weighted by Crippen LogP contribution is -2.17. The van der Waals surface area contributed by atoms with Gasteiger partial charge in [-0.05, 0) is 43.1 Å². The molecule has 1 aliphatic rings. The number of alkyl halides is 6. The predicted molar refractivity (Wildman–Crippen MR) is 115 cm³/mol. The Morgan fingerprint density at radius 3 is 2.53 bits per heavy atom. The summed E-state index contributed by atoms with van der Waals surface area (Å²) in [4.78, 5) is 20.5. The molecule has 2 heterocycles. The Balaban J connectivity index is 1.46. The van der Waals surface area contributed by atoms with Crippen molar-refractivity contribution in [3.8, 4) is 0 Å². The first-order valence-electron chi connectivity index (χ1n) is 11.4. The number of nitrogens with zero attached hydrogens (tertiary/aromatic N) is 4. The molecular formula is C22H27F6N5O3. The molecule has 200 valence electrons. The van der Waals surface area contributed by atoms with E-state index in [-0.39, 0.29) is 36.5 Å². The van der Waals surface area contributed by atoms with Gasteiger partial charge in [0.25, 0.3) is 0 Å². The highest BCUT2D eigenvalue weighted by atomic mass is 19.4. The maximum Gasteiger partial charge on any atom is 0.522 e. The molecule has 0 aliphatic heterocycles. The molecule has 8 nitrogen and oxygen atoms in total. The van der Waals surface area contributed by atoms with Crippen molar-refractivity contribution in [3.05, 3.63) is 29.7 Å². The smallest absolute Gasteiger partial charge is 0.462 e. The molecule has 0 spiro atoms. The van der Waals surface area contributed by atoms with Crippen molar-refractivity contribution in [2.24, 2.45) is 13.0 Å². The first-order valence-corrected chi connectivity index (χ1v) is 11.4. The molecule has 0 amide bonds. The first-order chi connectivity index (χ1) is 16.8. The van der Waals surface area contributed by atoms with Crippen LogP contribution in [0.25, 0.3) is 0 Å². The number of ether oxygens (including phenoxy) is 2. The van der Waals surface area contributed by atoms with Crippen molar-refractivity contribution in [3.63, 3.8) is 0 Å². The third-order valence-corrected chi connectivity index (χ3v) is 5.80. The summed E-state index contributed by atoms with van der Waals surface area (Å²) in [6.45, 7) is 0.735. The van der Waals surface area contributed by atoms with E-state index >= 15 is 0 Å². The Kier molecular flexibility index (Phi) is 8.80. The fraction of sp³-hybridized carbons (Fsp3) is 0.636. The summed E-state index contributed by atoms with van der Waals surface area (Å²) in [6, 6.07) is 1.39. The molecule has 1 fully saturated rings. The Bertz CT molecular complexity index is 1010. The average molecular weight is 523 g/mol. The van der Waals surface area contributed by atoms with Gasteiger partial charge in [-0.1, -0.05) is 6.92 Å². The molecule has 0 saturated heterocycles. The van der Waals surface area contributed by atoms with Gasteiger partial charge < -0.3 is 10.1 Å². The SMILES string of the molecule is C[C@H](CCC(=O)O[C@H]1CC[C@@H](c2cnc(Nc3cc(COC(F)(F)F)nn3C)nc2)C1)CC(F)(F)F. The van der Waals surface area contributed by atoms with E-state index in [1.54, 1.807) is 19.4 Å². The van der Waals surface area contributed by atoms with Crippen LogP contribution < -0.4 is 5.32 Å². The third-order valence-electron chi connectivity index (χ3n) is 5.80. The van der Waals surface area contributed by atoms with Gasteiger partial charge >= 0.3 is 18.5 Å². The molecule has 0 unspecified atom stereocenters. The van der Waals surface area contributed by atoms with Gasteiger partial charge in [0, 0.05) is 38.3 Å². The van der Waals surface area contributed by atoms with Crippen molar-refractivity contribution in [2.75, 3.05) is 5.32 Å². The van der Waals surface area contributed by atoms with Gasteiger partial charge in [-0.25, -0.2) is 9.97 Å². The summed E-state index contributed by atoms with van der Waals surface area (Å²) < 4.78 is 84.4. The minimum absolute atomic E-state index is 0.0556. The van der Waals surface area contributed by atoms with Crippen LogP contribution in [-0.4, -0.2) is 44.4 Å². The zero-order valence-electron chi connectivity index (χ0n) is 19.7. The third kappa shape index (κ3) is 8.95. The zero-order valence-corrected chi connectivity index (χ0v) is 19.7. The topological polar surface area (TPSA) is 91.2 Å². The van der Waals surface area contributed by atoms with Crippen LogP contribution in [0.2, 0.25) is 0 Å². The normalized spacial score (nSPS) is 19.3. The Labute approximate surface area is 203 Å². The van der Waals surface area contributed by atoms with Crippen LogP contribution in [0.1, 0.15) is 62.6 Å². The van der Waals surface area contributed by atoms with Crippen LogP contribution in [0.15, 0.2) is 18.5 Å². The number of aryl methyl sites for hydroxylation is 1. The fourth-order valence-electron chi connectivity index (χ4n) is 4.05. The molecule has 0 aromatic carbocycles. The Morgan fingerprint density at radius 2 is 1.89 bits per heavy atom. The van der Waals surface area contributed by atoms with E-state index in [0.29, 0.717) is 18.7 Å². The largest absolute Gasteiger partial charge is 0.522 e. The lowest BCUT2D eigenvalue weighted by Gasteiger charge is -2.15. The second-order valence-electron chi connectivity index (χ2n) is 8.93. The zero-order chi connectivity index (χ0) is 26.5. The quantitative estimate of drug-likeness (QED) is 0.323. The molecule has 0 radical (unpaired) electrons. The van der Waals surface area contributed by atoms with Gasteiger partial charge in [-0.15, -0.1) is 13.2 Å². The molecule has 36 heavy (non-hydrogen) atoms. The molecule has 2 aromatic heterocycles. The molecule has 3 atom stereocenters. The maximum atomic E-state index is 12.4. The molecule has 1 N–H and O–H groups in total. The Morgan fingerprint density at radius 1 is 1.19 bits per heavy atom. The van der Waals surface area contributed by atoms with Crippen LogP contribution in [0.5, 0.6) is 0 Å². The second-order valence-corrected chi connectivity index (χ2v) is 8.93. The first kappa shape index (κ1) is 27.7. The number of rotatable bonds is 10. The highest BCUT2D eigenvalue weighted by molar-refractivity contribution is 5.69. The molecular weight excluding hydrogens is 496 g/mol. The highest BCUT2D eigenvalue weighted by Crippen LogP contribution is 2.36. The van der Waals surface area contributed by atoms with E-state index in [2.05, 4.69) is 25.1 Å². The average Bonchev–Trinajstić information content (AvgIpc) is 3.36. The summed E-state index contributed by atoms with van der Waals surface area (Å²) >= 11 is 0. The summed E-state index contributed by atoms with van der Waals surface area (Å²) in [7, 11) is 1.55. The number of carbonyl (C=O) groups excluding carboxylic acids is 1. The second kappa shape index (κ2) is 11.4. The minimum atomic E-state index is -4.75. The van der Waals surface area contributed by atoms with E-state index in [1.165, 1.54) is 17.7 Å². The number of hydrogen-bond acceptors (Lipinski definition) is 7. The van der Waals surface area contributed by atoms with Crippen LogP contribution in [0.4, 0.5) is 38.1 Å². The number of nitrogens with one attached hydrogen (secondary N) is 1. The highest BCUT2D eigenvalue weighted by Gasteiger charge is 2.32. The van der Waals surface area contributed by atoms with Gasteiger partial charge in [0.05, 0.1) is 5.69 Å². The van der Waals surface area contributed by atoms with E-state index in [1.807, 2.05) is 0 Å². The lowest BCUT2D eigenvalue weighted by molar-refractivity contribution is -0.330. The van der Waals surface area contributed by atoms with E-state index in [0.717, 1.165) is 12.0 Å². The van der Waals surface area contributed by atoms with Crippen LogP contribution in [-0.2, 0) is 27.9 Å².